The Kier molecular flexibility index (Phi) is 5.35. The summed E-state index contributed by atoms with van der Waals surface area (Å²) in [5, 5.41) is 43.9. The lowest BCUT2D eigenvalue weighted by molar-refractivity contribution is -0.143. The van der Waals surface area contributed by atoms with Crippen LogP contribution >= 0.6 is 0 Å². The lowest BCUT2D eigenvalue weighted by atomic mass is 9.55. The zero-order valence-corrected chi connectivity index (χ0v) is 18.4. The summed E-state index contributed by atoms with van der Waals surface area (Å²) >= 11 is 0. The van der Waals surface area contributed by atoms with Gasteiger partial charge in [-0.1, -0.05) is 13.0 Å². The summed E-state index contributed by atoms with van der Waals surface area (Å²) in [7, 11) is 3.16. The van der Waals surface area contributed by atoms with Gasteiger partial charge in [0.2, 0.25) is 0 Å². The molecule has 10 nitrogen and oxygen atoms in total. The summed E-state index contributed by atoms with van der Waals surface area (Å²) in [6.07, 6.45) is -1.35. The van der Waals surface area contributed by atoms with Crippen molar-refractivity contribution in [2.24, 2.45) is 29.2 Å². The first-order valence-corrected chi connectivity index (χ1v) is 10.6. The molecule has 8 N–H and O–H groups in total. The van der Waals surface area contributed by atoms with Gasteiger partial charge in [0.25, 0.3) is 5.91 Å². The summed E-state index contributed by atoms with van der Waals surface area (Å²) < 4.78 is 0. The lowest BCUT2D eigenvalue weighted by Crippen LogP contribution is -2.61. The van der Waals surface area contributed by atoms with E-state index in [0.29, 0.717) is 11.1 Å². The highest BCUT2D eigenvalue weighted by atomic mass is 16.3. The van der Waals surface area contributed by atoms with E-state index in [1.54, 1.807) is 27.1 Å². The normalized spacial score (nSPS) is 31.5. The summed E-state index contributed by atoms with van der Waals surface area (Å²) in [5.74, 6) is -8.45. The van der Waals surface area contributed by atoms with Crippen molar-refractivity contribution in [1.29, 1.82) is 0 Å². The van der Waals surface area contributed by atoms with E-state index in [0.717, 1.165) is 0 Å². The third kappa shape index (κ3) is 2.94. The number of carbonyl (C=O) groups excluding carboxylic acids is 3. The molecular weight excluding hydrogens is 430 g/mol. The average Bonchev–Trinajstić information content (AvgIpc) is 2.73. The number of aromatic hydroxyl groups is 1. The van der Waals surface area contributed by atoms with Gasteiger partial charge >= 0.3 is 0 Å². The van der Waals surface area contributed by atoms with Gasteiger partial charge in [-0.25, -0.2) is 0 Å². The fourth-order valence-electron chi connectivity index (χ4n) is 5.96. The molecule has 33 heavy (non-hydrogen) atoms. The van der Waals surface area contributed by atoms with Crippen molar-refractivity contribution < 1.29 is 34.8 Å². The van der Waals surface area contributed by atoms with Crippen LogP contribution in [0.15, 0.2) is 29.0 Å². The number of phenolic OH excluding ortho intramolecular Hbond substituents is 1. The molecule has 1 saturated carbocycles. The molecule has 0 aliphatic heterocycles. The van der Waals surface area contributed by atoms with E-state index < -0.39 is 70.4 Å². The second-order valence-electron chi connectivity index (χ2n) is 9.12. The van der Waals surface area contributed by atoms with Crippen molar-refractivity contribution >= 4 is 23.2 Å². The van der Waals surface area contributed by atoms with Crippen LogP contribution in [-0.4, -0.2) is 69.0 Å². The van der Waals surface area contributed by atoms with Crippen LogP contribution in [0.2, 0.25) is 0 Å². The third-order valence-electron chi connectivity index (χ3n) is 7.28. The first-order valence-electron chi connectivity index (χ1n) is 10.6. The number of carbonyl (C=O) groups is 3. The van der Waals surface area contributed by atoms with E-state index in [-0.39, 0.29) is 23.4 Å². The van der Waals surface area contributed by atoms with Gasteiger partial charge in [0.15, 0.2) is 11.6 Å². The Morgan fingerprint density at radius 3 is 2.30 bits per heavy atom. The first kappa shape index (κ1) is 23.0. The Balaban J connectivity index is 2.00. The maximum Gasteiger partial charge on any atom is 0.255 e. The van der Waals surface area contributed by atoms with Gasteiger partial charge in [0.1, 0.15) is 22.8 Å². The monoisotopic (exact) mass is 457 g/mol. The topological polar surface area (TPSA) is 187 Å². The number of ketones is 2. The van der Waals surface area contributed by atoms with Crippen molar-refractivity contribution in [3.63, 3.8) is 0 Å². The molecule has 1 aromatic rings. The number of nitrogens with zero attached hydrogens (tertiary/aromatic N) is 1. The van der Waals surface area contributed by atoms with E-state index in [2.05, 4.69) is 0 Å². The number of amides is 1. The number of Topliss-reactive ketones (excluding diaryl/α,β-unsaturated/α-hetero) is 2. The molecule has 0 radical (unpaired) electrons. The molecule has 6 atom stereocenters. The maximum atomic E-state index is 13.7. The van der Waals surface area contributed by atoms with Crippen molar-refractivity contribution in [3.8, 4) is 5.75 Å². The Morgan fingerprint density at radius 2 is 1.76 bits per heavy atom. The highest BCUT2D eigenvalue weighted by Gasteiger charge is 2.60. The van der Waals surface area contributed by atoms with E-state index in [1.807, 2.05) is 0 Å². The van der Waals surface area contributed by atoms with Gasteiger partial charge in [-0.15, -0.1) is 0 Å². The number of nitrogens with two attached hydrogens (primary N) is 2. The van der Waals surface area contributed by atoms with Crippen LogP contribution in [0.25, 0.3) is 5.76 Å². The summed E-state index contributed by atoms with van der Waals surface area (Å²) in [5.41, 5.74) is 11.5. The number of fused-ring (bicyclic) bond motifs is 3. The molecule has 1 fully saturated rings. The van der Waals surface area contributed by atoms with Crippen molar-refractivity contribution in [2.45, 2.75) is 31.5 Å². The molecule has 3 aliphatic carbocycles. The summed E-state index contributed by atoms with van der Waals surface area (Å²) in [4.78, 5) is 40.3. The molecule has 10 heteroatoms. The minimum atomic E-state index is -1.53. The smallest absolute Gasteiger partial charge is 0.255 e. The minimum Gasteiger partial charge on any atom is -0.510 e. The number of aliphatic hydroxyl groups excluding tert-OH is 3. The third-order valence-corrected chi connectivity index (χ3v) is 7.28. The first-order chi connectivity index (χ1) is 15.4. The van der Waals surface area contributed by atoms with Crippen LogP contribution in [0.1, 0.15) is 29.5 Å². The summed E-state index contributed by atoms with van der Waals surface area (Å²) in [6.45, 7) is 1.84. The Hall–Kier alpha value is -3.21. The van der Waals surface area contributed by atoms with E-state index in [4.69, 9.17) is 11.5 Å². The Bertz CT molecular complexity index is 1150. The fourth-order valence-corrected chi connectivity index (χ4v) is 5.96. The van der Waals surface area contributed by atoms with Crippen molar-refractivity contribution in [1.82, 2.24) is 4.90 Å². The Morgan fingerprint density at radius 1 is 1.12 bits per heavy atom. The van der Waals surface area contributed by atoms with Crippen LogP contribution in [0.4, 0.5) is 0 Å². The average molecular weight is 457 g/mol. The van der Waals surface area contributed by atoms with Crippen molar-refractivity contribution in [3.05, 3.63) is 45.7 Å². The molecule has 1 aromatic carbocycles. The number of phenols is 1. The predicted molar refractivity (Wildman–Crippen MR) is 117 cm³/mol. The highest BCUT2D eigenvalue weighted by molar-refractivity contribution is 6.28. The lowest BCUT2D eigenvalue weighted by Gasteiger charge is -2.50. The highest BCUT2D eigenvalue weighted by Crippen LogP contribution is 2.54. The van der Waals surface area contributed by atoms with Crippen LogP contribution in [-0.2, 0) is 20.9 Å². The molecule has 1 amide bonds. The van der Waals surface area contributed by atoms with Gasteiger partial charge in [0, 0.05) is 24.0 Å². The molecule has 4 rings (SSSR count). The quantitative estimate of drug-likeness (QED) is 0.265. The molecule has 0 aromatic heterocycles. The number of aliphatic hydroxyl groups is 3. The number of hydrogen-bond donors (Lipinski definition) is 6. The molecular formula is C23H27N3O7. The van der Waals surface area contributed by atoms with E-state index in [1.165, 1.54) is 11.0 Å². The van der Waals surface area contributed by atoms with E-state index >= 15 is 0 Å². The number of benzene rings is 1. The molecule has 0 spiro atoms. The van der Waals surface area contributed by atoms with Gasteiger partial charge in [-0.3, -0.25) is 19.3 Å². The Labute approximate surface area is 189 Å². The second kappa shape index (κ2) is 7.68. The number of hydrogen-bond acceptors (Lipinski definition) is 9. The summed E-state index contributed by atoms with van der Waals surface area (Å²) in [6, 6.07) is 1.94. The maximum absolute atomic E-state index is 13.7. The zero-order valence-electron chi connectivity index (χ0n) is 18.4. The molecule has 2 unspecified atom stereocenters. The molecule has 0 saturated heterocycles. The number of likely N-dealkylation sites (N-methyl/N-ethyl adjacent to an activating group) is 1. The van der Waals surface area contributed by atoms with Gasteiger partial charge in [-0.05, 0) is 37.2 Å². The number of primary amides is 1. The molecule has 3 aliphatic rings. The van der Waals surface area contributed by atoms with Gasteiger partial charge in [-0.2, -0.15) is 0 Å². The van der Waals surface area contributed by atoms with Crippen LogP contribution in [0.3, 0.4) is 0 Å². The minimum absolute atomic E-state index is 0.0385. The molecule has 0 heterocycles. The largest absolute Gasteiger partial charge is 0.510 e. The van der Waals surface area contributed by atoms with Gasteiger partial charge in [0.05, 0.1) is 23.6 Å². The predicted octanol–water partition coefficient (Wildman–Crippen LogP) is -0.160. The second-order valence-corrected chi connectivity index (χ2v) is 9.12. The fraction of sp³-hybridized carbons (Fsp3) is 0.435. The van der Waals surface area contributed by atoms with Crippen molar-refractivity contribution in [2.75, 3.05) is 14.1 Å². The number of rotatable bonds is 3. The molecule has 176 valence electrons. The standard InChI is InChI=1S/C23H27N3O7/c1-7-10-8(6-24)4-5-9(27)12(10)19(29)14-11(7)18(28)13-15(20(14)30)21(31)16(23(25)33)22(32)17(13)26(2)3/h4-5,7,11,13,15,17-18,27-29,32H,6,24H2,1-3H3,(H2,25,33)/t7-,11?,13+,15?,17-,18-/m0/s1. The van der Waals surface area contributed by atoms with E-state index in [9.17, 15) is 34.8 Å². The van der Waals surface area contributed by atoms with Crippen LogP contribution in [0, 0.1) is 17.8 Å². The van der Waals surface area contributed by atoms with Crippen LogP contribution in [0.5, 0.6) is 5.75 Å². The molecule has 0 bridgehead atoms. The van der Waals surface area contributed by atoms with Gasteiger partial charge < -0.3 is 31.9 Å². The zero-order chi connectivity index (χ0) is 24.5. The SMILES string of the molecule is C[C@H]1c2c(CN)ccc(O)c2C(O)=C2C(=O)C3C(=O)C(C(N)=O)=C(O)[C@@H](N(C)C)[C@@H]3[C@@H](O)C21. The van der Waals surface area contributed by atoms with Crippen LogP contribution < -0.4 is 11.5 Å².